The van der Waals surface area contributed by atoms with Gasteiger partial charge >= 0.3 is 6.61 Å². The summed E-state index contributed by atoms with van der Waals surface area (Å²) in [6, 6.07) is 12.8. The van der Waals surface area contributed by atoms with E-state index in [0.717, 1.165) is 4.90 Å². The molecule has 0 aliphatic carbocycles. The zero-order valence-corrected chi connectivity index (χ0v) is 16.0. The molecule has 0 saturated heterocycles. The Labute approximate surface area is 168 Å². The smallest absolute Gasteiger partial charge is 0.387 e. The molecule has 0 radical (unpaired) electrons. The van der Waals surface area contributed by atoms with E-state index in [2.05, 4.69) is 11.3 Å². The number of likely N-dealkylation sites (N-methyl/N-ethyl adjacent to an activating group) is 1. The predicted molar refractivity (Wildman–Crippen MR) is 106 cm³/mol. The first kappa shape index (κ1) is 21.9. The van der Waals surface area contributed by atoms with E-state index in [-0.39, 0.29) is 5.75 Å². The van der Waals surface area contributed by atoms with Crippen molar-refractivity contribution in [1.29, 1.82) is 5.41 Å². The van der Waals surface area contributed by atoms with Crippen LogP contribution in [0.4, 0.5) is 8.78 Å². The number of amides is 1. The maximum absolute atomic E-state index is 13.0. The molecule has 1 amide bonds. The molecule has 2 rings (SSSR count). The predicted octanol–water partition coefficient (Wildman–Crippen LogP) is 3.73. The zero-order valence-electron chi connectivity index (χ0n) is 16.0. The molecule has 1 unspecified atom stereocenters. The summed E-state index contributed by atoms with van der Waals surface area (Å²) in [5.41, 5.74) is 6.62. The molecular formula is C21H23F2N3O3. The van der Waals surface area contributed by atoms with Crippen molar-refractivity contribution in [3.8, 4) is 11.5 Å². The van der Waals surface area contributed by atoms with Gasteiger partial charge in [0.25, 0.3) is 0 Å². The standard InChI is InChI=1S/C21H23F2N3O3/c1-3-4-12-28-17-7-5-6-15(13-17)18(19(27)26(2)21(24)25)14-8-10-16(11-9-14)29-20(22)23/h3,5-11,13,18,20H,1,4,12H2,2H3,(H3,24,25). The van der Waals surface area contributed by atoms with E-state index in [1.165, 1.54) is 31.3 Å². The number of nitrogens with two attached hydrogens (primary N) is 1. The van der Waals surface area contributed by atoms with Gasteiger partial charge in [0.2, 0.25) is 5.91 Å². The molecule has 2 aromatic carbocycles. The largest absolute Gasteiger partial charge is 0.493 e. The summed E-state index contributed by atoms with van der Waals surface area (Å²) in [5.74, 6) is -1.10. The summed E-state index contributed by atoms with van der Waals surface area (Å²) in [6.07, 6.45) is 2.41. The second-order valence-corrected chi connectivity index (χ2v) is 6.16. The fourth-order valence-electron chi connectivity index (χ4n) is 2.68. The van der Waals surface area contributed by atoms with Gasteiger partial charge in [-0.2, -0.15) is 8.78 Å². The van der Waals surface area contributed by atoms with E-state index in [4.69, 9.17) is 15.9 Å². The minimum Gasteiger partial charge on any atom is -0.493 e. The average Bonchev–Trinajstić information content (AvgIpc) is 2.69. The molecule has 0 fully saturated rings. The van der Waals surface area contributed by atoms with Crippen molar-refractivity contribution in [2.75, 3.05) is 13.7 Å². The van der Waals surface area contributed by atoms with Crippen LogP contribution in [0.2, 0.25) is 0 Å². The molecule has 6 nitrogen and oxygen atoms in total. The Morgan fingerprint density at radius 3 is 2.48 bits per heavy atom. The minimum absolute atomic E-state index is 0.0172. The van der Waals surface area contributed by atoms with Crippen molar-refractivity contribution in [1.82, 2.24) is 4.90 Å². The molecule has 0 aliphatic heterocycles. The van der Waals surface area contributed by atoms with Gasteiger partial charge in [-0.05, 0) is 41.8 Å². The van der Waals surface area contributed by atoms with Crippen molar-refractivity contribution < 1.29 is 23.0 Å². The number of ether oxygens (including phenoxy) is 2. The van der Waals surface area contributed by atoms with Crippen LogP contribution < -0.4 is 15.2 Å². The van der Waals surface area contributed by atoms with Gasteiger partial charge in [0.15, 0.2) is 5.96 Å². The fourth-order valence-corrected chi connectivity index (χ4v) is 2.68. The topological polar surface area (TPSA) is 88.6 Å². The molecule has 0 saturated carbocycles. The summed E-state index contributed by atoms with van der Waals surface area (Å²) >= 11 is 0. The number of nitrogens with one attached hydrogen (secondary N) is 1. The highest BCUT2D eigenvalue weighted by atomic mass is 19.3. The van der Waals surface area contributed by atoms with Crippen LogP contribution in [-0.4, -0.2) is 37.0 Å². The van der Waals surface area contributed by atoms with E-state index in [1.807, 2.05) is 0 Å². The highest BCUT2D eigenvalue weighted by Gasteiger charge is 2.27. The lowest BCUT2D eigenvalue weighted by atomic mass is 9.90. The lowest BCUT2D eigenvalue weighted by Gasteiger charge is -2.24. The third-order valence-electron chi connectivity index (χ3n) is 4.16. The van der Waals surface area contributed by atoms with E-state index in [9.17, 15) is 13.6 Å². The summed E-state index contributed by atoms with van der Waals surface area (Å²) < 4.78 is 34.8. The number of guanidine groups is 1. The number of carbonyl (C=O) groups excluding carboxylic acids is 1. The molecular weight excluding hydrogens is 380 g/mol. The Morgan fingerprint density at radius 1 is 1.21 bits per heavy atom. The van der Waals surface area contributed by atoms with Crippen molar-refractivity contribution in [3.05, 3.63) is 72.3 Å². The van der Waals surface area contributed by atoms with Gasteiger partial charge in [-0.1, -0.05) is 30.3 Å². The molecule has 2 aromatic rings. The van der Waals surface area contributed by atoms with Crippen LogP contribution in [0.25, 0.3) is 0 Å². The number of nitrogens with zero attached hydrogens (tertiary/aromatic N) is 1. The van der Waals surface area contributed by atoms with E-state index in [0.29, 0.717) is 29.9 Å². The fraction of sp³-hybridized carbons (Fsp3) is 0.238. The van der Waals surface area contributed by atoms with Gasteiger partial charge in [0, 0.05) is 7.05 Å². The molecule has 0 aliphatic rings. The highest BCUT2D eigenvalue weighted by Crippen LogP contribution is 2.30. The molecule has 0 bridgehead atoms. The average molecular weight is 403 g/mol. The number of benzene rings is 2. The normalized spacial score (nSPS) is 11.6. The van der Waals surface area contributed by atoms with Crippen molar-refractivity contribution in [3.63, 3.8) is 0 Å². The van der Waals surface area contributed by atoms with E-state index >= 15 is 0 Å². The Bertz CT molecular complexity index is 857. The Morgan fingerprint density at radius 2 is 1.90 bits per heavy atom. The van der Waals surface area contributed by atoms with Crippen molar-refractivity contribution in [2.45, 2.75) is 19.0 Å². The number of alkyl halides is 2. The van der Waals surface area contributed by atoms with Crippen molar-refractivity contribution in [2.24, 2.45) is 5.73 Å². The SMILES string of the molecule is C=CCCOc1cccc(C(C(=O)N(C)C(=N)N)c2ccc(OC(F)F)cc2)c1. The maximum atomic E-state index is 13.0. The van der Waals surface area contributed by atoms with Crippen LogP contribution in [0.5, 0.6) is 11.5 Å². The molecule has 154 valence electrons. The third-order valence-corrected chi connectivity index (χ3v) is 4.16. The van der Waals surface area contributed by atoms with E-state index in [1.54, 1.807) is 30.3 Å². The van der Waals surface area contributed by atoms with Crippen LogP contribution in [0, 0.1) is 5.41 Å². The lowest BCUT2D eigenvalue weighted by Crippen LogP contribution is -2.41. The van der Waals surface area contributed by atoms with Crippen LogP contribution >= 0.6 is 0 Å². The Balaban J connectivity index is 2.40. The molecule has 0 aromatic heterocycles. The summed E-state index contributed by atoms with van der Waals surface area (Å²) in [4.78, 5) is 14.0. The third kappa shape index (κ3) is 6.03. The van der Waals surface area contributed by atoms with Gasteiger partial charge in [-0.25, -0.2) is 0 Å². The van der Waals surface area contributed by atoms with Crippen molar-refractivity contribution >= 4 is 11.9 Å². The quantitative estimate of drug-likeness (QED) is 0.289. The first-order valence-corrected chi connectivity index (χ1v) is 8.83. The lowest BCUT2D eigenvalue weighted by molar-refractivity contribution is -0.127. The van der Waals surface area contributed by atoms with Crippen LogP contribution in [0.1, 0.15) is 23.5 Å². The maximum Gasteiger partial charge on any atom is 0.387 e. The second-order valence-electron chi connectivity index (χ2n) is 6.16. The Hall–Kier alpha value is -3.42. The van der Waals surface area contributed by atoms with Gasteiger partial charge in [0.05, 0.1) is 12.5 Å². The number of carbonyl (C=O) groups is 1. The number of hydrogen-bond acceptors (Lipinski definition) is 4. The van der Waals surface area contributed by atoms with Gasteiger partial charge < -0.3 is 15.2 Å². The van der Waals surface area contributed by atoms with Crippen LogP contribution in [0.15, 0.2) is 61.2 Å². The van der Waals surface area contributed by atoms with Crippen LogP contribution in [-0.2, 0) is 4.79 Å². The van der Waals surface area contributed by atoms with Gasteiger partial charge in [0.1, 0.15) is 11.5 Å². The summed E-state index contributed by atoms with van der Waals surface area (Å²) in [6.45, 7) is 1.15. The molecule has 1 atom stereocenters. The number of hydrogen-bond donors (Lipinski definition) is 2. The highest BCUT2D eigenvalue weighted by molar-refractivity contribution is 5.99. The summed E-state index contributed by atoms with van der Waals surface area (Å²) in [7, 11) is 1.40. The van der Waals surface area contributed by atoms with Crippen LogP contribution in [0.3, 0.4) is 0 Å². The monoisotopic (exact) mass is 403 g/mol. The molecule has 0 heterocycles. The minimum atomic E-state index is -2.94. The van der Waals surface area contributed by atoms with E-state index < -0.39 is 24.4 Å². The molecule has 3 N–H and O–H groups in total. The van der Waals surface area contributed by atoms with Gasteiger partial charge in [-0.15, -0.1) is 6.58 Å². The first-order chi connectivity index (χ1) is 13.8. The molecule has 0 spiro atoms. The first-order valence-electron chi connectivity index (χ1n) is 8.83. The summed E-state index contributed by atoms with van der Waals surface area (Å²) in [5, 5.41) is 7.56. The second kappa shape index (κ2) is 10.2. The number of rotatable bonds is 9. The molecule has 29 heavy (non-hydrogen) atoms. The van der Waals surface area contributed by atoms with Gasteiger partial charge in [-0.3, -0.25) is 15.1 Å². The molecule has 8 heteroatoms. The zero-order chi connectivity index (χ0) is 21.4. The Kier molecular flexibility index (Phi) is 7.70. The number of halogens is 2.